The molecule has 0 aliphatic carbocycles. The van der Waals surface area contributed by atoms with Crippen LogP contribution in [0.5, 0.6) is 0 Å². The zero-order chi connectivity index (χ0) is 18.7. The Kier molecular flexibility index (Phi) is 3.62. The van der Waals surface area contributed by atoms with Crippen molar-refractivity contribution in [1.82, 2.24) is 9.88 Å². The summed E-state index contributed by atoms with van der Waals surface area (Å²) >= 11 is 5.76. The fraction of sp³-hybridized carbons (Fsp3) is 0.273. The zero-order valence-electron chi connectivity index (χ0n) is 15.4. The highest BCUT2D eigenvalue weighted by atomic mass is 32.1. The first kappa shape index (κ1) is 16.5. The van der Waals surface area contributed by atoms with E-state index in [9.17, 15) is 4.79 Å². The molecule has 4 nitrogen and oxygen atoms in total. The third-order valence-electron chi connectivity index (χ3n) is 5.94. The average Bonchev–Trinajstić information content (AvgIpc) is 3.18. The third kappa shape index (κ3) is 2.28. The van der Waals surface area contributed by atoms with Crippen LogP contribution in [-0.4, -0.2) is 26.9 Å². The molecule has 27 heavy (non-hydrogen) atoms. The van der Waals surface area contributed by atoms with Crippen LogP contribution < -0.4 is 4.90 Å². The molecule has 2 atom stereocenters. The Hall–Kier alpha value is -2.66. The summed E-state index contributed by atoms with van der Waals surface area (Å²) in [6.45, 7) is 4.25. The Labute approximate surface area is 163 Å². The van der Waals surface area contributed by atoms with Gasteiger partial charge in [-0.3, -0.25) is 9.69 Å². The van der Waals surface area contributed by atoms with Crippen molar-refractivity contribution in [1.29, 1.82) is 0 Å². The predicted molar refractivity (Wildman–Crippen MR) is 112 cm³/mol. The van der Waals surface area contributed by atoms with E-state index >= 15 is 0 Å². The molecule has 5 heteroatoms. The molecule has 0 bridgehead atoms. The van der Waals surface area contributed by atoms with Gasteiger partial charge in [0.1, 0.15) is 6.04 Å². The summed E-state index contributed by atoms with van der Waals surface area (Å²) in [6, 6.07) is 16.3. The number of rotatable bonds is 2. The van der Waals surface area contributed by atoms with E-state index in [1.54, 1.807) is 4.90 Å². The largest absolute Gasteiger partial charge is 0.356 e. The number of carbonyl (C=O) groups excluding carboxylic acids is 1. The maximum atomic E-state index is 13.3. The highest BCUT2D eigenvalue weighted by molar-refractivity contribution is 7.80. The summed E-state index contributed by atoms with van der Waals surface area (Å²) in [6.07, 6.45) is 1.67. The molecule has 1 fully saturated rings. The number of aromatic nitrogens is 1. The lowest BCUT2D eigenvalue weighted by atomic mass is 9.93. The van der Waals surface area contributed by atoms with Gasteiger partial charge in [0.15, 0.2) is 5.11 Å². The van der Waals surface area contributed by atoms with Gasteiger partial charge in [-0.25, -0.2) is 0 Å². The SMILES string of the molecule is CCc1ccc(N2C(=O)C3Cc4c([nH]c5ccccc45)C(C)N3C2=S)cc1. The van der Waals surface area contributed by atoms with Crippen molar-refractivity contribution < 1.29 is 4.79 Å². The van der Waals surface area contributed by atoms with E-state index in [0.29, 0.717) is 11.5 Å². The number of amides is 1. The van der Waals surface area contributed by atoms with Crippen LogP contribution in [0.2, 0.25) is 0 Å². The molecule has 136 valence electrons. The van der Waals surface area contributed by atoms with Crippen LogP contribution >= 0.6 is 12.2 Å². The van der Waals surface area contributed by atoms with Crippen molar-refractivity contribution in [2.24, 2.45) is 0 Å². The predicted octanol–water partition coefficient (Wildman–Crippen LogP) is 4.35. The monoisotopic (exact) mass is 375 g/mol. The molecule has 1 saturated heterocycles. The number of benzene rings is 2. The molecule has 0 radical (unpaired) electrons. The minimum absolute atomic E-state index is 0.0440. The molecule has 1 aromatic heterocycles. The first-order chi connectivity index (χ1) is 13.1. The van der Waals surface area contributed by atoms with Crippen molar-refractivity contribution in [3.8, 4) is 0 Å². The van der Waals surface area contributed by atoms with Crippen LogP contribution in [0.1, 0.15) is 36.7 Å². The van der Waals surface area contributed by atoms with Crippen molar-refractivity contribution in [3.63, 3.8) is 0 Å². The topological polar surface area (TPSA) is 39.3 Å². The number of thiocarbonyl (C=S) groups is 1. The van der Waals surface area contributed by atoms with Gasteiger partial charge in [-0.05, 0) is 54.9 Å². The van der Waals surface area contributed by atoms with Gasteiger partial charge in [0.05, 0.1) is 11.7 Å². The standard InChI is InChI=1S/C22H21N3OS/c1-3-14-8-10-15(11-9-14)25-21(26)19-12-17-16-6-4-5-7-18(16)23-20(17)13(2)24(19)22(25)27/h4-11,13,19,23H,3,12H2,1-2H3. The molecule has 0 saturated carbocycles. The zero-order valence-corrected chi connectivity index (χ0v) is 16.2. The van der Waals surface area contributed by atoms with E-state index in [0.717, 1.165) is 17.6 Å². The maximum Gasteiger partial charge on any atom is 0.256 e. The Morgan fingerprint density at radius 3 is 2.63 bits per heavy atom. The van der Waals surface area contributed by atoms with Gasteiger partial charge in [-0.15, -0.1) is 0 Å². The lowest BCUT2D eigenvalue weighted by Crippen LogP contribution is -2.42. The Morgan fingerprint density at radius 2 is 1.89 bits per heavy atom. The molecular formula is C22H21N3OS. The second kappa shape index (κ2) is 5.92. The van der Waals surface area contributed by atoms with Crippen molar-refractivity contribution in [2.45, 2.75) is 38.8 Å². The second-order valence-corrected chi connectivity index (χ2v) is 7.71. The highest BCUT2D eigenvalue weighted by Crippen LogP contribution is 2.41. The molecule has 3 heterocycles. The quantitative estimate of drug-likeness (QED) is 0.677. The summed E-state index contributed by atoms with van der Waals surface area (Å²) in [5.41, 5.74) is 5.66. The molecule has 1 amide bonds. The fourth-order valence-corrected chi connectivity index (χ4v) is 4.96. The summed E-state index contributed by atoms with van der Waals surface area (Å²) in [4.78, 5) is 20.7. The van der Waals surface area contributed by atoms with Crippen molar-refractivity contribution in [2.75, 3.05) is 4.90 Å². The average molecular weight is 375 g/mol. The van der Waals surface area contributed by atoms with E-state index in [-0.39, 0.29) is 18.0 Å². The molecule has 2 aliphatic rings. The van der Waals surface area contributed by atoms with Crippen LogP contribution in [0.15, 0.2) is 48.5 Å². The van der Waals surface area contributed by atoms with Gasteiger partial charge in [-0.2, -0.15) is 0 Å². The minimum atomic E-state index is -0.231. The third-order valence-corrected chi connectivity index (χ3v) is 6.33. The number of carbonyl (C=O) groups is 1. The van der Waals surface area contributed by atoms with Crippen LogP contribution in [0.4, 0.5) is 5.69 Å². The van der Waals surface area contributed by atoms with E-state index < -0.39 is 0 Å². The number of nitrogens with one attached hydrogen (secondary N) is 1. The Balaban J connectivity index is 1.56. The fourth-order valence-electron chi connectivity index (χ4n) is 4.48. The molecule has 0 spiro atoms. The lowest BCUT2D eigenvalue weighted by molar-refractivity contribution is -0.120. The summed E-state index contributed by atoms with van der Waals surface area (Å²) in [5, 5.41) is 1.81. The molecule has 5 rings (SSSR count). The Bertz CT molecular complexity index is 1070. The Morgan fingerprint density at radius 1 is 1.15 bits per heavy atom. The van der Waals surface area contributed by atoms with Gasteiger partial charge in [-0.1, -0.05) is 37.3 Å². The number of H-pyrrole nitrogens is 1. The maximum absolute atomic E-state index is 13.3. The first-order valence-electron chi connectivity index (χ1n) is 9.44. The van der Waals surface area contributed by atoms with Crippen LogP contribution in [0.3, 0.4) is 0 Å². The number of para-hydroxylation sites is 1. The summed E-state index contributed by atoms with van der Waals surface area (Å²) < 4.78 is 0. The smallest absolute Gasteiger partial charge is 0.256 e. The molecular weight excluding hydrogens is 354 g/mol. The summed E-state index contributed by atoms with van der Waals surface area (Å²) in [5.74, 6) is 0.0760. The number of fused-ring (bicyclic) bond motifs is 4. The number of hydrogen-bond donors (Lipinski definition) is 1. The number of aryl methyl sites for hydroxylation is 1. The van der Waals surface area contributed by atoms with Gasteiger partial charge < -0.3 is 9.88 Å². The van der Waals surface area contributed by atoms with Crippen LogP contribution in [0.25, 0.3) is 10.9 Å². The van der Waals surface area contributed by atoms with Gasteiger partial charge in [0.2, 0.25) is 0 Å². The number of hydrogen-bond acceptors (Lipinski definition) is 2. The van der Waals surface area contributed by atoms with E-state index in [1.165, 1.54) is 22.2 Å². The molecule has 2 unspecified atom stereocenters. The molecule has 2 aromatic carbocycles. The number of anilines is 1. The summed E-state index contributed by atoms with van der Waals surface area (Å²) in [7, 11) is 0. The van der Waals surface area contributed by atoms with E-state index in [4.69, 9.17) is 12.2 Å². The van der Waals surface area contributed by atoms with Gasteiger partial charge in [0, 0.05) is 23.0 Å². The number of nitrogens with zero attached hydrogens (tertiary/aromatic N) is 2. The lowest BCUT2D eigenvalue weighted by Gasteiger charge is -2.34. The molecule has 1 N–H and O–H groups in total. The first-order valence-corrected chi connectivity index (χ1v) is 9.85. The normalized spacial score (nSPS) is 21.7. The van der Waals surface area contributed by atoms with E-state index in [2.05, 4.69) is 54.1 Å². The van der Waals surface area contributed by atoms with Crippen molar-refractivity contribution in [3.05, 3.63) is 65.4 Å². The number of aromatic amines is 1. The second-order valence-electron chi connectivity index (χ2n) is 7.34. The minimum Gasteiger partial charge on any atom is -0.356 e. The van der Waals surface area contributed by atoms with Crippen LogP contribution in [0, 0.1) is 0 Å². The van der Waals surface area contributed by atoms with Gasteiger partial charge in [0.25, 0.3) is 5.91 Å². The van der Waals surface area contributed by atoms with Crippen molar-refractivity contribution >= 4 is 39.8 Å². The van der Waals surface area contributed by atoms with Crippen LogP contribution in [-0.2, 0) is 17.6 Å². The molecule has 2 aliphatic heterocycles. The van der Waals surface area contributed by atoms with E-state index in [1.807, 2.05) is 18.2 Å². The molecule has 3 aromatic rings. The highest BCUT2D eigenvalue weighted by Gasteiger charge is 2.49. The van der Waals surface area contributed by atoms with Gasteiger partial charge >= 0.3 is 0 Å².